The molecule has 2 aromatic rings. The first-order chi connectivity index (χ1) is 9.70. The highest BCUT2D eigenvalue weighted by molar-refractivity contribution is 7.99. The van der Waals surface area contributed by atoms with Crippen LogP contribution in [-0.2, 0) is 0 Å². The molecule has 0 bridgehead atoms. The Labute approximate surface area is 121 Å². The Morgan fingerprint density at radius 2 is 2.25 bits per heavy atom. The third kappa shape index (κ3) is 2.53. The second-order valence-corrected chi connectivity index (χ2v) is 6.28. The molecule has 1 aromatic heterocycles. The summed E-state index contributed by atoms with van der Waals surface area (Å²) >= 11 is 1.57. The maximum absolute atomic E-state index is 11.8. The van der Waals surface area contributed by atoms with Crippen molar-refractivity contribution in [2.75, 3.05) is 6.54 Å². The molecule has 0 amide bonds. The first-order valence-electron chi connectivity index (χ1n) is 6.80. The van der Waals surface area contributed by atoms with Crippen molar-refractivity contribution in [1.82, 2.24) is 14.8 Å². The van der Waals surface area contributed by atoms with E-state index < -0.39 is 0 Å². The summed E-state index contributed by atoms with van der Waals surface area (Å²) in [4.78, 5) is 11.8. The first-order valence-corrected chi connectivity index (χ1v) is 7.68. The van der Waals surface area contributed by atoms with Crippen molar-refractivity contribution in [1.29, 1.82) is 0 Å². The van der Waals surface area contributed by atoms with E-state index in [1.165, 1.54) is 11.1 Å². The van der Waals surface area contributed by atoms with Gasteiger partial charge in [0.1, 0.15) is 0 Å². The Morgan fingerprint density at radius 1 is 1.50 bits per heavy atom. The fourth-order valence-corrected chi connectivity index (χ4v) is 3.53. The lowest BCUT2D eigenvalue weighted by Crippen LogP contribution is -2.17. The van der Waals surface area contributed by atoms with Gasteiger partial charge in [0.2, 0.25) is 0 Å². The van der Waals surface area contributed by atoms with E-state index in [0.717, 1.165) is 18.0 Å². The molecule has 0 saturated heterocycles. The molecule has 0 radical (unpaired) electrons. The highest BCUT2D eigenvalue weighted by Gasteiger charge is 2.29. The van der Waals surface area contributed by atoms with Gasteiger partial charge in [0.25, 0.3) is 0 Å². The molecule has 6 heteroatoms. The van der Waals surface area contributed by atoms with Crippen LogP contribution < -0.4 is 11.4 Å². The minimum atomic E-state index is -0.115. The van der Waals surface area contributed by atoms with Gasteiger partial charge >= 0.3 is 5.69 Å². The molecule has 1 heterocycles. The van der Waals surface area contributed by atoms with E-state index in [9.17, 15) is 4.79 Å². The summed E-state index contributed by atoms with van der Waals surface area (Å²) in [6.07, 6.45) is 2.12. The second kappa shape index (κ2) is 5.46. The molecule has 20 heavy (non-hydrogen) atoms. The minimum absolute atomic E-state index is 0.115. The average molecular weight is 290 g/mol. The van der Waals surface area contributed by atoms with Gasteiger partial charge in [-0.3, -0.25) is 4.57 Å². The number of aromatic nitrogens is 3. The maximum Gasteiger partial charge on any atom is 0.344 e. The number of hydrogen-bond donors (Lipinski definition) is 2. The van der Waals surface area contributed by atoms with Crippen LogP contribution in [-0.4, -0.2) is 21.3 Å². The molecule has 3 N–H and O–H groups in total. The molecule has 0 aliphatic heterocycles. The zero-order valence-electron chi connectivity index (χ0n) is 11.4. The minimum Gasteiger partial charge on any atom is -0.329 e. The lowest BCUT2D eigenvalue weighted by Gasteiger charge is -2.16. The summed E-state index contributed by atoms with van der Waals surface area (Å²) in [6.45, 7) is 2.60. The number of aromatic amines is 1. The summed E-state index contributed by atoms with van der Waals surface area (Å²) in [6, 6.07) is 8.53. The van der Waals surface area contributed by atoms with Crippen LogP contribution in [0.5, 0.6) is 0 Å². The van der Waals surface area contributed by atoms with E-state index in [1.54, 1.807) is 16.3 Å². The third-order valence-electron chi connectivity index (χ3n) is 3.58. The highest BCUT2D eigenvalue weighted by atomic mass is 32.2. The van der Waals surface area contributed by atoms with Crippen molar-refractivity contribution in [3.05, 3.63) is 45.9 Å². The van der Waals surface area contributed by atoms with E-state index in [1.807, 2.05) is 12.1 Å². The van der Waals surface area contributed by atoms with Crippen LogP contribution in [0, 0.1) is 6.92 Å². The van der Waals surface area contributed by atoms with E-state index >= 15 is 0 Å². The highest BCUT2D eigenvalue weighted by Crippen LogP contribution is 2.40. The Balaban J connectivity index is 1.89. The number of H-pyrrole nitrogens is 1. The average Bonchev–Trinajstić information content (AvgIpc) is 3.21. The molecule has 106 valence electrons. The van der Waals surface area contributed by atoms with E-state index in [0.29, 0.717) is 12.6 Å². The van der Waals surface area contributed by atoms with Crippen molar-refractivity contribution < 1.29 is 0 Å². The Kier molecular flexibility index (Phi) is 3.67. The molecule has 1 aromatic carbocycles. The lowest BCUT2D eigenvalue weighted by molar-refractivity contribution is 0.640. The molecule has 1 unspecified atom stereocenters. The summed E-state index contributed by atoms with van der Waals surface area (Å²) in [7, 11) is 0. The van der Waals surface area contributed by atoms with Crippen LogP contribution in [0.25, 0.3) is 0 Å². The summed E-state index contributed by atoms with van der Waals surface area (Å²) in [5, 5.41) is 7.56. The van der Waals surface area contributed by atoms with Crippen molar-refractivity contribution in [2.45, 2.75) is 36.2 Å². The third-order valence-corrected chi connectivity index (χ3v) is 4.81. The van der Waals surface area contributed by atoms with Crippen LogP contribution in [0.1, 0.15) is 35.3 Å². The van der Waals surface area contributed by atoms with Crippen LogP contribution in [0.15, 0.2) is 34.2 Å². The molecule has 5 nitrogen and oxygen atoms in total. The van der Waals surface area contributed by atoms with Crippen LogP contribution in [0.4, 0.5) is 0 Å². The fraction of sp³-hybridized carbons (Fsp3) is 0.429. The number of aryl methyl sites for hydroxylation is 1. The zero-order chi connectivity index (χ0) is 14.1. The fourth-order valence-electron chi connectivity index (χ4n) is 2.34. The topological polar surface area (TPSA) is 76.7 Å². The molecule has 1 atom stereocenters. The Morgan fingerprint density at radius 3 is 2.90 bits per heavy atom. The number of nitrogens with two attached hydrogens (primary N) is 1. The number of benzene rings is 1. The van der Waals surface area contributed by atoms with Gasteiger partial charge in [0, 0.05) is 17.8 Å². The molecule has 1 fully saturated rings. The van der Waals surface area contributed by atoms with E-state index in [2.05, 4.69) is 29.3 Å². The van der Waals surface area contributed by atoms with Crippen molar-refractivity contribution in [3.8, 4) is 0 Å². The largest absolute Gasteiger partial charge is 0.344 e. The SMILES string of the molecule is Cc1ccccc1C(CN)Sc1n[nH]c(=O)n1C1CC1. The monoisotopic (exact) mass is 290 g/mol. The molecular weight excluding hydrogens is 272 g/mol. The zero-order valence-corrected chi connectivity index (χ0v) is 12.2. The number of nitrogens with one attached hydrogen (secondary N) is 1. The molecule has 1 aliphatic rings. The lowest BCUT2D eigenvalue weighted by atomic mass is 10.1. The van der Waals surface area contributed by atoms with Gasteiger partial charge in [-0.15, -0.1) is 5.10 Å². The normalized spacial score (nSPS) is 16.3. The summed E-state index contributed by atoms with van der Waals surface area (Å²) in [5.74, 6) is 0. The van der Waals surface area contributed by atoms with Gasteiger partial charge in [0.15, 0.2) is 5.16 Å². The standard InChI is InChI=1S/C14H18N4OS/c1-9-4-2-3-5-11(9)12(8-15)20-14-17-16-13(19)18(14)10-6-7-10/h2-5,10,12H,6-8,15H2,1H3,(H,16,19). The maximum atomic E-state index is 11.8. The summed E-state index contributed by atoms with van der Waals surface area (Å²) in [5.41, 5.74) is 8.23. The van der Waals surface area contributed by atoms with Gasteiger partial charge in [-0.1, -0.05) is 36.0 Å². The smallest absolute Gasteiger partial charge is 0.329 e. The van der Waals surface area contributed by atoms with Crippen LogP contribution >= 0.6 is 11.8 Å². The Hall–Kier alpha value is -1.53. The number of hydrogen-bond acceptors (Lipinski definition) is 4. The molecule has 3 rings (SSSR count). The van der Waals surface area contributed by atoms with Gasteiger partial charge < -0.3 is 5.73 Å². The van der Waals surface area contributed by atoms with Crippen molar-refractivity contribution in [2.24, 2.45) is 5.73 Å². The van der Waals surface area contributed by atoms with E-state index in [-0.39, 0.29) is 10.9 Å². The molecule has 1 saturated carbocycles. The van der Waals surface area contributed by atoms with Crippen LogP contribution in [0.3, 0.4) is 0 Å². The molecular formula is C14H18N4OS. The van der Waals surface area contributed by atoms with Gasteiger partial charge in [-0.05, 0) is 30.9 Å². The summed E-state index contributed by atoms with van der Waals surface area (Å²) < 4.78 is 1.77. The van der Waals surface area contributed by atoms with Gasteiger partial charge in [-0.2, -0.15) is 0 Å². The Bertz CT molecular complexity index is 659. The quantitative estimate of drug-likeness (QED) is 0.826. The van der Waals surface area contributed by atoms with Crippen molar-refractivity contribution >= 4 is 11.8 Å². The van der Waals surface area contributed by atoms with Crippen molar-refractivity contribution in [3.63, 3.8) is 0 Å². The molecule has 0 spiro atoms. The predicted molar refractivity (Wildman–Crippen MR) is 80.0 cm³/mol. The van der Waals surface area contributed by atoms with E-state index in [4.69, 9.17) is 5.73 Å². The number of nitrogens with zero attached hydrogens (tertiary/aromatic N) is 2. The first kappa shape index (κ1) is 13.5. The van der Waals surface area contributed by atoms with Crippen LogP contribution in [0.2, 0.25) is 0 Å². The second-order valence-electron chi connectivity index (χ2n) is 5.11. The molecule has 1 aliphatic carbocycles. The predicted octanol–water partition coefficient (Wildman–Crippen LogP) is 2.01. The van der Waals surface area contributed by atoms with Gasteiger partial charge in [0.05, 0.1) is 0 Å². The number of thioether (sulfide) groups is 1. The number of rotatable bonds is 5. The van der Waals surface area contributed by atoms with Gasteiger partial charge in [-0.25, -0.2) is 9.89 Å².